The predicted molar refractivity (Wildman–Crippen MR) is 73.1 cm³/mol. The Morgan fingerprint density at radius 2 is 1.94 bits per heavy atom. The van der Waals surface area contributed by atoms with Gasteiger partial charge < -0.3 is 4.90 Å². The van der Waals surface area contributed by atoms with Crippen molar-refractivity contribution in [3.63, 3.8) is 0 Å². The molecule has 18 heavy (non-hydrogen) atoms. The van der Waals surface area contributed by atoms with Gasteiger partial charge in [-0.15, -0.1) is 0 Å². The normalized spacial score (nSPS) is 32.3. The van der Waals surface area contributed by atoms with Crippen LogP contribution in [0.15, 0.2) is 0 Å². The molecule has 2 rings (SSSR count). The summed E-state index contributed by atoms with van der Waals surface area (Å²) in [4.78, 5) is 2.23. The van der Waals surface area contributed by atoms with E-state index >= 15 is 0 Å². The Hall–Kier alpha value is 0.130. The molecule has 0 N–H and O–H groups in total. The third kappa shape index (κ3) is 4.07. The van der Waals surface area contributed by atoms with E-state index in [-0.39, 0.29) is 12.8 Å². The van der Waals surface area contributed by atoms with Crippen molar-refractivity contribution >= 4 is 12.8 Å². The minimum Gasteiger partial charge on any atom is -0.300 e. The first-order valence-corrected chi connectivity index (χ1v) is 7.42. The summed E-state index contributed by atoms with van der Waals surface area (Å²) >= 11 is 4.41. The van der Waals surface area contributed by atoms with E-state index in [4.69, 9.17) is 0 Å². The van der Waals surface area contributed by atoms with E-state index in [1.54, 1.807) is 0 Å². The zero-order valence-corrected chi connectivity index (χ0v) is 12.0. The SMILES string of the molecule is CC(CC1CCCN(S)C1)N1CCC(F)(F)CC1. The molecule has 0 aromatic carbocycles. The molecule has 0 amide bonds. The summed E-state index contributed by atoms with van der Waals surface area (Å²) in [6.07, 6.45) is 3.63. The fraction of sp³-hybridized carbons (Fsp3) is 1.00. The van der Waals surface area contributed by atoms with Crippen LogP contribution >= 0.6 is 12.8 Å². The number of nitrogens with zero attached hydrogens (tertiary/aromatic N) is 2. The van der Waals surface area contributed by atoms with Gasteiger partial charge in [-0.1, -0.05) is 12.8 Å². The quantitative estimate of drug-likeness (QED) is 0.793. The molecule has 2 fully saturated rings. The molecule has 0 spiro atoms. The number of hydrogen-bond acceptors (Lipinski definition) is 3. The molecule has 0 bridgehead atoms. The highest BCUT2D eigenvalue weighted by Crippen LogP contribution is 2.30. The van der Waals surface area contributed by atoms with Crippen LogP contribution in [0, 0.1) is 5.92 Å². The van der Waals surface area contributed by atoms with Crippen LogP contribution in [-0.4, -0.2) is 47.3 Å². The molecule has 2 nitrogen and oxygen atoms in total. The first kappa shape index (κ1) is 14.5. The largest absolute Gasteiger partial charge is 0.300 e. The summed E-state index contributed by atoms with van der Waals surface area (Å²) in [6.45, 7) is 5.39. The van der Waals surface area contributed by atoms with Crippen LogP contribution in [-0.2, 0) is 0 Å². The van der Waals surface area contributed by atoms with Crippen LogP contribution in [0.5, 0.6) is 0 Å². The van der Waals surface area contributed by atoms with Crippen LogP contribution in [0.3, 0.4) is 0 Å². The lowest BCUT2D eigenvalue weighted by Gasteiger charge is -2.38. The van der Waals surface area contributed by atoms with Crippen molar-refractivity contribution in [1.82, 2.24) is 9.21 Å². The highest BCUT2D eigenvalue weighted by atomic mass is 32.1. The van der Waals surface area contributed by atoms with Crippen LogP contribution in [0.4, 0.5) is 8.78 Å². The van der Waals surface area contributed by atoms with Gasteiger partial charge in [-0.25, -0.2) is 8.78 Å². The van der Waals surface area contributed by atoms with Gasteiger partial charge >= 0.3 is 0 Å². The zero-order chi connectivity index (χ0) is 13.2. The standard InChI is InChI=1S/C13H24F2N2S/c1-11(9-12-3-2-6-17(18)10-12)16-7-4-13(14,15)5-8-16/h11-12,18H,2-10H2,1H3. The smallest absolute Gasteiger partial charge is 0.250 e. The number of hydrogen-bond donors (Lipinski definition) is 1. The maximum atomic E-state index is 13.1. The second kappa shape index (κ2) is 6.06. The van der Waals surface area contributed by atoms with E-state index in [0.717, 1.165) is 19.5 Å². The maximum absolute atomic E-state index is 13.1. The van der Waals surface area contributed by atoms with Gasteiger partial charge in [-0.2, -0.15) is 0 Å². The maximum Gasteiger partial charge on any atom is 0.250 e. The Bertz CT molecular complexity index is 266. The topological polar surface area (TPSA) is 6.48 Å². The van der Waals surface area contributed by atoms with Gasteiger partial charge in [0, 0.05) is 45.1 Å². The molecule has 106 valence electrons. The van der Waals surface area contributed by atoms with E-state index in [1.165, 1.54) is 12.8 Å². The van der Waals surface area contributed by atoms with Crippen molar-refractivity contribution in [3.8, 4) is 0 Å². The van der Waals surface area contributed by atoms with Gasteiger partial charge in [0.25, 0.3) is 5.92 Å². The number of alkyl halides is 2. The molecule has 5 heteroatoms. The Kier molecular flexibility index (Phi) is 4.89. The first-order chi connectivity index (χ1) is 8.46. The molecule has 2 saturated heterocycles. The molecular formula is C13H24F2N2S. The Balaban J connectivity index is 1.76. The number of piperidine rings is 2. The highest BCUT2D eigenvalue weighted by Gasteiger charge is 2.35. The summed E-state index contributed by atoms with van der Waals surface area (Å²) < 4.78 is 28.3. The molecule has 0 saturated carbocycles. The third-order valence-electron chi connectivity index (χ3n) is 4.32. The number of thiol groups is 1. The minimum absolute atomic E-state index is 0.0285. The van der Waals surface area contributed by atoms with E-state index in [2.05, 4.69) is 28.9 Å². The van der Waals surface area contributed by atoms with E-state index in [1.807, 2.05) is 0 Å². The van der Waals surface area contributed by atoms with Gasteiger partial charge in [0.2, 0.25) is 0 Å². The average molecular weight is 278 g/mol. The fourth-order valence-corrected chi connectivity index (χ4v) is 3.53. The van der Waals surface area contributed by atoms with Crippen molar-refractivity contribution < 1.29 is 8.78 Å². The summed E-state index contributed by atoms with van der Waals surface area (Å²) in [5.41, 5.74) is 0. The highest BCUT2D eigenvalue weighted by molar-refractivity contribution is 7.77. The molecule has 2 aliphatic heterocycles. The lowest BCUT2D eigenvalue weighted by Crippen LogP contribution is -2.45. The second-order valence-corrected chi connectivity index (χ2v) is 6.46. The zero-order valence-electron chi connectivity index (χ0n) is 11.1. The van der Waals surface area contributed by atoms with Crippen molar-refractivity contribution in [2.75, 3.05) is 26.2 Å². The van der Waals surface area contributed by atoms with E-state index in [9.17, 15) is 8.78 Å². The van der Waals surface area contributed by atoms with Gasteiger partial charge in [-0.3, -0.25) is 4.31 Å². The van der Waals surface area contributed by atoms with Gasteiger partial charge in [-0.05, 0) is 32.1 Å². The molecule has 2 unspecified atom stereocenters. The van der Waals surface area contributed by atoms with Crippen molar-refractivity contribution in [3.05, 3.63) is 0 Å². The van der Waals surface area contributed by atoms with Crippen LogP contribution in [0.25, 0.3) is 0 Å². The Morgan fingerprint density at radius 3 is 2.56 bits per heavy atom. The van der Waals surface area contributed by atoms with E-state index < -0.39 is 5.92 Å². The lowest BCUT2D eigenvalue weighted by molar-refractivity contribution is -0.0634. The van der Waals surface area contributed by atoms with E-state index in [0.29, 0.717) is 25.0 Å². The van der Waals surface area contributed by atoms with Crippen LogP contribution < -0.4 is 0 Å². The summed E-state index contributed by atoms with van der Waals surface area (Å²) in [6, 6.07) is 0.422. The van der Waals surface area contributed by atoms with Crippen molar-refractivity contribution in [1.29, 1.82) is 0 Å². The predicted octanol–water partition coefficient (Wildman–Crippen LogP) is 3.05. The van der Waals surface area contributed by atoms with Crippen molar-refractivity contribution in [2.45, 2.75) is 51.0 Å². The number of rotatable bonds is 3. The molecule has 2 heterocycles. The summed E-state index contributed by atoms with van der Waals surface area (Å²) in [5, 5.41) is 0. The molecular weight excluding hydrogens is 254 g/mol. The molecule has 0 aromatic rings. The number of halogens is 2. The molecule has 2 aliphatic rings. The first-order valence-electron chi connectivity index (χ1n) is 7.02. The lowest BCUT2D eigenvalue weighted by atomic mass is 9.91. The number of likely N-dealkylation sites (tertiary alicyclic amines) is 1. The van der Waals surface area contributed by atoms with Gasteiger partial charge in [0.05, 0.1) is 0 Å². The monoisotopic (exact) mass is 278 g/mol. The molecule has 2 atom stereocenters. The average Bonchev–Trinajstić information content (AvgIpc) is 2.28. The van der Waals surface area contributed by atoms with Gasteiger partial charge in [0.1, 0.15) is 0 Å². The Labute approximate surface area is 114 Å². The van der Waals surface area contributed by atoms with Gasteiger partial charge in [0.15, 0.2) is 0 Å². The molecule has 0 aliphatic carbocycles. The minimum atomic E-state index is -2.43. The van der Waals surface area contributed by atoms with Crippen LogP contribution in [0.2, 0.25) is 0 Å². The summed E-state index contributed by atoms with van der Waals surface area (Å²) in [7, 11) is 0. The summed E-state index contributed by atoms with van der Waals surface area (Å²) in [5.74, 6) is -1.75. The third-order valence-corrected chi connectivity index (χ3v) is 4.69. The second-order valence-electron chi connectivity index (χ2n) is 5.90. The van der Waals surface area contributed by atoms with Crippen LogP contribution in [0.1, 0.15) is 39.0 Å². The van der Waals surface area contributed by atoms with Crippen molar-refractivity contribution in [2.24, 2.45) is 5.92 Å². The molecule has 0 radical (unpaired) electrons. The fourth-order valence-electron chi connectivity index (χ4n) is 3.16. The molecule has 0 aromatic heterocycles. The Morgan fingerprint density at radius 1 is 1.28 bits per heavy atom.